The fraction of sp³-hybridized carbons (Fsp3) is 0.222. The van der Waals surface area contributed by atoms with E-state index in [9.17, 15) is 4.79 Å². The van der Waals surface area contributed by atoms with Gasteiger partial charge < -0.3 is 4.90 Å². The summed E-state index contributed by atoms with van der Waals surface area (Å²) in [7, 11) is 3.91. The maximum atomic E-state index is 10.8. The van der Waals surface area contributed by atoms with Crippen LogP contribution in [0, 0.1) is 0 Å². The molecule has 0 heterocycles. The van der Waals surface area contributed by atoms with Crippen molar-refractivity contribution < 1.29 is 4.79 Å². The molecule has 0 aliphatic heterocycles. The summed E-state index contributed by atoms with van der Waals surface area (Å²) in [6, 6.07) is 7.32. The maximum absolute atomic E-state index is 10.8. The van der Waals surface area contributed by atoms with Crippen molar-refractivity contribution >= 4 is 23.4 Å². The largest absolute Gasteiger partial charge is 0.378 e. The van der Waals surface area contributed by atoms with Gasteiger partial charge in [-0.05, 0) is 24.3 Å². The molecule has 0 aliphatic carbocycles. The standard InChI is InChI=1S/C9H11NOS/c1-10(2)8-5-3-7(4-6-8)9(11)12/h3-6H,1-2H3,(H,11,12). The molecule has 0 aliphatic rings. The molecule has 0 saturated heterocycles. The minimum absolute atomic E-state index is 0.194. The van der Waals surface area contributed by atoms with Crippen molar-refractivity contribution in [3.05, 3.63) is 29.8 Å². The van der Waals surface area contributed by atoms with E-state index in [-0.39, 0.29) is 5.12 Å². The second-order valence-electron chi connectivity index (χ2n) is 2.75. The van der Waals surface area contributed by atoms with E-state index in [4.69, 9.17) is 0 Å². The monoisotopic (exact) mass is 181 g/mol. The summed E-state index contributed by atoms with van der Waals surface area (Å²) in [5.41, 5.74) is 1.71. The number of benzene rings is 1. The molecule has 3 heteroatoms. The van der Waals surface area contributed by atoms with Gasteiger partial charge in [0.05, 0.1) is 0 Å². The van der Waals surface area contributed by atoms with Gasteiger partial charge in [0.25, 0.3) is 0 Å². The lowest BCUT2D eigenvalue weighted by Gasteiger charge is -2.11. The molecule has 1 aromatic rings. The zero-order chi connectivity index (χ0) is 9.14. The molecule has 0 radical (unpaired) electrons. The molecule has 0 saturated carbocycles. The molecule has 0 fully saturated rings. The number of anilines is 1. The lowest BCUT2D eigenvalue weighted by atomic mass is 10.2. The number of carbonyl (C=O) groups excluding carboxylic acids is 1. The quantitative estimate of drug-likeness (QED) is 0.702. The topological polar surface area (TPSA) is 20.3 Å². The van der Waals surface area contributed by atoms with Crippen LogP contribution in [0.1, 0.15) is 10.4 Å². The van der Waals surface area contributed by atoms with E-state index in [1.807, 2.05) is 31.1 Å². The molecule has 0 N–H and O–H groups in total. The van der Waals surface area contributed by atoms with Crippen LogP contribution in [0.4, 0.5) is 5.69 Å². The lowest BCUT2D eigenvalue weighted by Crippen LogP contribution is -2.08. The summed E-state index contributed by atoms with van der Waals surface area (Å²) in [5.74, 6) is 0. The first kappa shape index (κ1) is 9.13. The van der Waals surface area contributed by atoms with Gasteiger partial charge in [-0.3, -0.25) is 4.79 Å². The number of hydrogen-bond donors (Lipinski definition) is 1. The van der Waals surface area contributed by atoms with Crippen LogP contribution < -0.4 is 4.90 Å². The van der Waals surface area contributed by atoms with E-state index in [2.05, 4.69) is 12.6 Å². The van der Waals surface area contributed by atoms with Gasteiger partial charge in [-0.25, -0.2) is 0 Å². The Morgan fingerprint density at radius 3 is 2.08 bits per heavy atom. The molecule has 64 valence electrons. The van der Waals surface area contributed by atoms with Crippen molar-refractivity contribution in [2.24, 2.45) is 0 Å². The predicted octanol–water partition coefficient (Wildman–Crippen LogP) is 1.82. The molecule has 12 heavy (non-hydrogen) atoms. The van der Waals surface area contributed by atoms with Gasteiger partial charge in [0.2, 0.25) is 5.12 Å². The average Bonchev–Trinajstić information content (AvgIpc) is 2.04. The van der Waals surface area contributed by atoms with E-state index < -0.39 is 0 Å². The van der Waals surface area contributed by atoms with Crippen molar-refractivity contribution in [3.8, 4) is 0 Å². The van der Waals surface area contributed by atoms with E-state index in [1.54, 1.807) is 12.1 Å². The van der Waals surface area contributed by atoms with Crippen LogP contribution in [-0.4, -0.2) is 19.2 Å². The molecule has 0 unspecified atom stereocenters. The van der Waals surface area contributed by atoms with Crippen LogP contribution in [0.3, 0.4) is 0 Å². The average molecular weight is 181 g/mol. The van der Waals surface area contributed by atoms with Gasteiger partial charge in [-0.2, -0.15) is 0 Å². The molecule has 0 amide bonds. The fourth-order valence-electron chi connectivity index (χ4n) is 0.902. The van der Waals surface area contributed by atoms with Crippen molar-refractivity contribution in [1.82, 2.24) is 0 Å². The highest BCUT2D eigenvalue weighted by atomic mass is 32.1. The number of rotatable bonds is 2. The molecular weight excluding hydrogens is 170 g/mol. The highest BCUT2D eigenvalue weighted by molar-refractivity contribution is 7.97. The molecule has 0 bridgehead atoms. The highest BCUT2D eigenvalue weighted by Gasteiger charge is 1.99. The third kappa shape index (κ3) is 2.01. The molecule has 0 aromatic heterocycles. The minimum atomic E-state index is -0.194. The van der Waals surface area contributed by atoms with E-state index in [1.165, 1.54) is 0 Å². The minimum Gasteiger partial charge on any atom is -0.378 e. The Labute approximate surface area is 77.6 Å². The Hall–Kier alpha value is -0.960. The van der Waals surface area contributed by atoms with Crippen molar-refractivity contribution in [2.45, 2.75) is 0 Å². The molecule has 1 aromatic carbocycles. The van der Waals surface area contributed by atoms with Gasteiger partial charge in [0.1, 0.15) is 0 Å². The van der Waals surface area contributed by atoms with E-state index >= 15 is 0 Å². The molecule has 1 rings (SSSR count). The van der Waals surface area contributed by atoms with Crippen LogP contribution in [0.15, 0.2) is 24.3 Å². The Kier molecular flexibility index (Phi) is 2.76. The van der Waals surface area contributed by atoms with Gasteiger partial charge in [0, 0.05) is 25.3 Å². The van der Waals surface area contributed by atoms with Crippen LogP contribution in [-0.2, 0) is 0 Å². The normalized spacial score (nSPS) is 9.58. The predicted molar refractivity (Wildman–Crippen MR) is 54.1 cm³/mol. The number of carbonyl (C=O) groups is 1. The third-order valence-corrected chi connectivity index (χ3v) is 1.89. The summed E-state index contributed by atoms with van der Waals surface area (Å²) in [6.07, 6.45) is 0. The molecule has 0 spiro atoms. The number of nitrogens with zero attached hydrogens (tertiary/aromatic N) is 1. The van der Waals surface area contributed by atoms with E-state index in [0.29, 0.717) is 5.56 Å². The Morgan fingerprint density at radius 2 is 1.75 bits per heavy atom. The second kappa shape index (κ2) is 3.63. The van der Waals surface area contributed by atoms with Gasteiger partial charge in [-0.1, -0.05) is 0 Å². The number of thiol groups is 1. The van der Waals surface area contributed by atoms with Crippen LogP contribution >= 0.6 is 12.6 Å². The molecule has 0 atom stereocenters. The van der Waals surface area contributed by atoms with Crippen LogP contribution in [0.25, 0.3) is 0 Å². The zero-order valence-corrected chi connectivity index (χ0v) is 8.01. The van der Waals surface area contributed by atoms with Crippen molar-refractivity contribution in [3.63, 3.8) is 0 Å². The molecular formula is C9H11NOS. The Bertz CT molecular complexity index is 279. The van der Waals surface area contributed by atoms with Crippen molar-refractivity contribution in [1.29, 1.82) is 0 Å². The smallest absolute Gasteiger partial charge is 0.216 e. The summed E-state index contributed by atoms with van der Waals surface area (Å²) in [4.78, 5) is 12.8. The lowest BCUT2D eigenvalue weighted by molar-refractivity contribution is 0.109. The fourth-order valence-corrected chi connectivity index (χ4v) is 1.05. The second-order valence-corrected chi connectivity index (χ2v) is 3.15. The SMILES string of the molecule is CN(C)c1ccc(C(=O)S)cc1. The Morgan fingerprint density at radius 1 is 1.25 bits per heavy atom. The van der Waals surface area contributed by atoms with Gasteiger partial charge >= 0.3 is 0 Å². The summed E-state index contributed by atoms with van der Waals surface area (Å²) in [5, 5.41) is -0.194. The first-order chi connectivity index (χ1) is 5.61. The highest BCUT2D eigenvalue weighted by Crippen LogP contribution is 2.13. The van der Waals surface area contributed by atoms with Gasteiger partial charge in [-0.15, -0.1) is 12.6 Å². The first-order valence-electron chi connectivity index (χ1n) is 3.62. The maximum Gasteiger partial charge on any atom is 0.216 e. The summed E-state index contributed by atoms with van der Waals surface area (Å²) < 4.78 is 0. The summed E-state index contributed by atoms with van der Waals surface area (Å²) in [6.45, 7) is 0. The Balaban J connectivity index is 2.93. The van der Waals surface area contributed by atoms with E-state index in [0.717, 1.165) is 5.69 Å². The van der Waals surface area contributed by atoms with Crippen molar-refractivity contribution in [2.75, 3.05) is 19.0 Å². The van der Waals surface area contributed by atoms with Crippen LogP contribution in [0.2, 0.25) is 0 Å². The number of hydrogen-bond acceptors (Lipinski definition) is 2. The molecule has 2 nitrogen and oxygen atoms in total. The van der Waals surface area contributed by atoms with Crippen LogP contribution in [0.5, 0.6) is 0 Å². The zero-order valence-electron chi connectivity index (χ0n) is 7.11. The third-order valence-electron chi connectivity index (χ3n) is 1.63. The first-order valence-corrected chi connectivity index (χ1v) is 4.06. The van der Waals surface area contributed by atoms with Gasteiger partial charge in [0.15, 0.2) is 0 Å². The summed E-state index contributed by atoms with van der Waals surface area (Å²) >= 11 is 3.72.